The van der Waals surface area contributed by atoms with Crippen LogP contribution in [0.3, 0.4) is 0 Å². The van der Waals surface area contributed by atoms with Crippen molar-refractivity contribution in [2.45, 2.75) is 52.1 Å². The van der Waals surface area contributed by atoms with Gasteiger partial charge in [0.05, 0.1) is 6.54 Å². The molecule has 0 unspecified atom stereocenters. The van der Waals surface area contributed by atoms with Crippen LogP contribution < -0.4 is 11.1 Å². The molecule has 3 heteroatoms. The van der Waals surface area contributed by atoms with E-state index in [4.69, 9.17) is 5.73 Å². The van der Waals surface area contributed by atoms with Crippen molar-refractivity contribution >= 4 is 5.96 Å². The average molecular weight is 245 g/mol. The molecule has 0 fully saturated rings. The lowest BCUT2D eigenvalue weighted by atomic mass is 10.1. The maximum atomic E-state index is 5.86. The fraction of sp³-hybridized carbons (Fsp3) is 0.533. The van der Waals surface area contributed by atoms with Crippen LogP contribution in [-0.2, 0) is 19.4 Å². The molecule has 0 bridgehead atoms. The van der Waals surface area contributed by atoms with E-state index < -0.39 is 0 Å². The standard InChI is InChI=1S/C15H23N3/c1-15(2,3)18-14(16)17-10-11-7-8-12-5-4-6-13(12)9-11/h7-9H,4-6,10H2,1-3H3,(H3,16,17,18). The van der Waals surface area contributed by atoms with E-state index in [0.717, 1.165) is 0 Å². The number of rotatable bonds is 2. The molecular weight excluding hydrogens is 222 g/mol. The van der Waals surface area contributed by atoms with Crippen molar-refractivity contribution in [3.8, 4) is 0 Å². The molecule has 1 aliphatic carbocycles. The lowest BCUT2D eigenvalue weighted by Crippen LogP contribution is -2.44. The van der Waals surface area contributed by atoms with Gasteiger partial charge >= 0.3 is 0 Å². The average Bonchev–Trinajstić information content (AvgIpc) is 2.71. The third-order valence-corrected chi connectivity index (χ3v) is 3.10. The van der Waals surface area contributed by atoms with Gasteiger partial charge in [0, 0.05) is 5.54 Å². The van der Waals surface area contributed by atoms with E-state index in [1.807, 2.05) is 0 Å². The first-order valence-electron chi connectivity index (χ1n) is 6.63. The Labute approximate surface area is 109 Å². The molecule has 98 valence electrons. The number of nitrogens with zero attached hydrogens (tertiary/aromatic N) is 1. The monoisotopic (exact) mass is 245 g/mol. The Kier molecular flexibility index (Phi) is 3.60. The molecular formula is C15H23N3. The highest BCUT2D eigenvalue weighted by molar-refractivity contribution is 5.78. The lowest BCUT2D eigenvalue weighted by Gasteiger charge is -2.21. The summed E-state index contributed by atoms with van der Waals surface area (Å²) in [5.41, 5.74) is 10.1. The summed E-state index contributed by atoms with van der Waals surface area (Å²) in [5.74, 6) is 0.517. The Hall–Kier alpha value is -1.51. The Morgan fingerprint density at radius 3 is 2.72 bits per heavy atom. The van der Waals surface area contributed by atoms with Gasteiger partial charge in [-0.15, -0.1) is 0 Å². The molecule has 0 atom stereocenters. The number of guanidine groups is 1. The Morgan fingerprint density at radius 1 is 1.28 bits per heavy atom. The van der Waals surface area contributed by atoms with Crippen LogP contribution in [-0.4, -0.2) is 11.5 Å². The van der Waals surface area contributed by atoms with Gasteiger partial charge in [-0.3, -0.25) is 0 Å². The molecule has 2 rings (SSSR count). The van der Waals surface area contributed by atoms with Crippen LogP contribution in [0.5, 0.6) is 0 Å². The second-order valence-electron chi connectivity index (χ2n) is 6.03. The zero-order valence-electron chi connectivity index (χ0n) is 11.6. The fourth-order valence-corrected chi connectivity index (χ4v) is 2.32. The highest BCUT2D eigenvalue weighted by Crippen LogP contribution is 2.23. The molecule has 1 aromatic rings. The molecule has 0 spiro atoms. The van der Waals surface area contributed by atoms with Crippen LogP contribution in [0.2, 0.25) is 0 Å². The number of aryl methyl sites for hydroxylation is 2. The molecule has 3 N–H and O–H groups in total. The van der Waals surface area contributed by atoms with E-state index in [-0.39, 0.29) is 5.54 Å². The number of nitrogens with one attached hydrogen (secondary N) is 1. The van der Waals surface area contributed by atoms with Crippen molar-refractivity contribution in [2.75, 3.05) is 0 Å². The topological polar surface area (TPSA) is 50.4 Å². The summed E-state index contributed by atoms with van der Waals surface area (Å²) in [7, 11) is 0. The van der Waals surface area contributed by atoms with Crippen molar-refractivity contribution < 1.29 is 0 Å². The molecule has 1 aromatic carbocycles. The highest BCUT2D eigenvalue weighted by atomic mass is 15.1. The van der Waals surface area contributed by atoms with Crippen molar-refractivity contribution in [3.63, 3.8) is 0 Å². The molecule has 18 heavy (non-hydrogen) atoms. The Morgan fingerprint density at radius 2 is 2.00 bits per heavy atom. The van der Waals surface area contributed by atoms with E-state index in [0.29, 0.717) is 12.5 Å². The molecule has 0 saturated heterocycles. The van der Waals surface area contributed by atoms with Crippen molar-refractivity contribution in [2.24, 2.45) is 10.7 Å². The molecule has 0 radical (unpaired) electrons. The summed E-state index contributed by atoms with van der Waals surface area (Å²) < 4.78 is 0. The quantitative estimate of drug-likeness (QED) is 0.621. The van der Waals surface area contributed by atoms with Gasteiger partial charge in [0.1, 0.15) is 0 Å². The summed E-state index contributed by atoms with van der Waals surface area (Å²) in [6, 6.07) is 6.68. The first-order valence-corrected chi connectivity index (χ1v) is 6.63. The maximum Gasteiger partial charge on any atom is 0.189 e. The van der Waals surface area contributed by atoms with E-state index >= 15 is 0 Å². The molecule has 0 amide bonds. The van der Waals surface area contributed by atoms with Gasteiger partial charge in [-0.05, 0) is 56.7 Å². The predicted molar refractivity (Wildman–Crippen MR) is 76.7 cm³/mol. The number of nitrogens with two attached hydrogens (primary N) is 1. The van der Waals surface area contributed by atoms with Crippen LogP contribution >= 0.6 is 0 Å². The number of fused-ring (bicyclic) bond motifs is 1. The number of aliphatic imine (C=N–C) groups is 1. The van der Waals surface area contributed by atoms with Crippen LogP contribution in [0, 0.1) is 0 Å². The van der Waals surface area contributed by atoms with Crippen molar-refractivity contribution in [1.82, 2.24) is 5.32 Å². The second kappa shape index (κ2) is 5.01. The first kappa shape index (κ1) is 12.9. The number of benzene rings is 1. The van der Waals surface area contributed by atoms with Crippen LogP contribution in [0.4, 0.5) is 0 Å². The normalized spacial score (nSPS) is 15.6. The zero-order valence-corrected chi connectivity index (χ0v) is 11.6. The minimum absolute atomic E-state index is 0.0362. The molecule has 3 nitrogen and oxygen atoms in total. The molecule has 0 heterocycles. The minimum Gasteiger partial charge on any atom is -0.370 e. The second-order valence-corrected chi connectivity index (χ2v) is 6.03. The minimum atomic E-state index is -0.0362. The Bertz CT molecular complexity index is 455. The van der Waals surface area contributed by atoms with E-state index in [1.54, 1.807) is 0 Å². The molecule has 0 saturated carbocycles. The first-order chi connectivity index (χ1) is 8.44. The van der Waals surface area contributed by atoms with Gasteiger partial charge in [0.15, 0.2) is 5.96 Å². The fourth-order valence-electron chi connectivity index (χ4n) is 2.32. The third-order valence-electron chi connectivity index (χ3n) is 3.10. The predicted octanol–water partition coefficient (Wildman–Crippen LogP) is 2.38. The van der Waals surface area contributed by atoms with Gasteiger partial charge in [-0.25, -0.2) is 4.99 Å². The number of hydrogen-bond donors (Lipinski definition) is 2. The lowest BCUT2D eigenvalue weighted by molar-refractivity contribution is 0.508. The highest BCUT2D eigenvalue weighted by Gasteiger charge is 2.11. The molecule has 0 aliphatic heterocycles. The van der Waals surface area contributed by atoms with Crippen molar-refractivity contribution in [3.05, 3.63) is 34.9 Å². The van der Waals surface area contributed by atoms with Gasteiger partial charge in [0.25, 0.3) is 0 Å². The summed E-state index contributed by atoms with van der Waals surface area (Å²) in [4.78, 5) is 4.39. The summed E-state index contributed by atoms with van der Waals surface area (Å²) in [5, 5.41) is 3.17. The Balaban J connectivity index is 2.00. The SMILES string of the molecule is CC(C)(C)NC(N)=NCc1ccc2c(c1)CCC2. The summed E-state index contributed by atoms with van der Waals surface area (Å²) >= 11 is 0. The van der Waals surface area contributed by atoms with Gasteiger partial charge in [-0.2, -0.15) is 0 Å². The van der Waals surface area contributed by atoms with Crippen LogP contribution in [0.15, 0.2) is 23.2 Å². The molecule has 1 aliphatic rings. The molecule has 0 aromatic heterocycles. The number of hydrogen-bond acceptors (Lipinski definition) is 1. The van der Waals surface area contributed by atoms with Gasteiger partial charge < -0.3 is 11.1 Å². The van der Waals surface area contributed by atoms with E-state index in [1.165, 1.54) is 36.0 Å². The van der Waals surface area contributed by atoms with E-state index in [2.05, 4.69) is 49.3 Å². The smallest absolute Gasteiger partial charge is 0.189 e. The van der Waals surface area contributed by atoms with Gasteiger partial charge in [0.2, 0.25) is 0 Å². The third kappa shape index (κ3) is 3.49. The van der Waals surface area contributed by atoms with Crippen LogP contribution in [0.25, 0.3) is 0 Å². The summed E-state index contributed by atoms with van der Waals surface area (Å²) in [6.45, 7) is 6.88. The van der Waals surface area contributed by atoms with Crippen LogP contribution in [0.1, 0.15) is 43.9 Å². The van der Waals surface area contributed by atoms with Crippen molar-refractivity contribution in [1.29, 1.82) is 0 Å². The largest absolute Gasteiger partial charge is 0.370 e. The van der Waals surface area contributed by atoms with Gasteiger partial charge in [-0.1, -0.05) is 18.2 Å². The van der Waals surface area contributed by atoms with E-state index in [9.17, 15) is 0 Å². The zero-order chi connectivity index (χ0) is 13.2. The maximum absolute atomic E-state index is 5.86. The summed E-state index contributed by atoms with van der Waals surface area (Å²) in [6.07, 6.45) is 3.73.